The Morgan fingerprint density at radius 1 is 1.21 bits per heavy atom. The number of sulfonamides is 1. The smallest absolute Gasteiger partial charge is 0.218 e. The molecule has 0 saturated heterocycles. The first-order valence-corrected chi connectivity index (χ1v) is 7.94. The SMILES string of the molecule is CC1=CCCN(S(=O)(=O)Cc2ccc(CO)cc2)C1. The van der Waals surface area contributed by atoms with Crippen molar-refractivity contribution >= 4 is 10.0 Å². The van der Waals surface area contributed by atoms with Crippen LogP contribution >= 0.6 is 0 Å². The van der Waals surface area contributed by atoms with Gasteiger partial charge in [-0.05, 0) is 24.5 Å². The fraction of sp³-hybridized carbons (Fsp3) is 0.429. The van der Waals surface area contributed by atoms with Crippen LogP contribution in [-0.4, -0.2) is 30.9 Å². The van der Waals surface area contributed by atoms with E-state index in [1.807, 2.05) is 6.92 Å². The fourth-order valence-corrected chi connectivity index (χ4v) is 3.74. The van der Waals surface area contributed by atoms with Gasteiger partial charge in [0.25, 0.3) is 0 Å². The lowest BCUT2D eigenvalue weighted by molar-refractivity contribution is 0.282. The zero-order valence-corrected chi connectivity index (χ0v) is 11.9. The minimum absolute atomic E-state index is 0.0198. The molecule has 1 aromatic carbocycles. The summed E-state index contributed by atoms with van der Waals surface area (Å²) in [6.45, 7) is 2.99. The van der Waals surface area contributed by atoms with Gasteiger partial charge in [0, 0.05) is 13.1 Å². The third-order valence-electron chi connectivity index (χ3n) is 3.25. The van der Waals surface area contributed by atoms with Crippen LogP contribution in [0.5, 0.6) is 0 Å². The maximum absolute atomic E-state index is 12.3. The third kappa shape index (κ3) is 3.65. The molecule has 0 aromatic heterocycles. The average Bonchev–Trinajstić information content (AvgIpc) is 2.39. The summed E-state index contributed by atoms with van der Waals surface area (Å²) in [6.07, 6.45) is 2.87. The molecule has 0 amide bonds. The van der Waals surface area contributed by atoms with Crippen molar-refractivity contribution in [2.45, 2.75) is 25.7 Å². The van der Waals surface area contributed by atoms with Gasteiger partial charge in [0.2, 0.25) is 10.0 Å². The normalized spacial score (nSPS) is 17.3. The second kappa shape index (κ2) is 5.86. The summed E-state index contributed by atoms with van der Waals surface area (Å²) in [5, 5.41) is 8.96. The second-order valence-electron chi connectivity index (χ2n) is 4.90. The Balaban J connectivity index is 2.10. The Hall–Kier alpha value is -1.17. The molecular formula is C14H19NO3S. The van der Waals surface area contributed by atoms with Crippen LogP contribution in [0.15, 0.2) is 35.9 Å². The first kappa shape index (κ1) is 14.2. The minimum atomic E-state index is -3.26. The van der Waals surface area contributed by atoms with Crippen LogP contribution in [0.3, 0.4) is 0 Å². The van der Waals surface area contributed by atoms with E-state index in [1.165, 1.54) is 0 Å². The van der Waals surface area contributed by atoms with Crippen molar-refractivity contribution in [3.05, 3.63) is 47.0 Å². The van der Waals surface area contributed by atoms with Gasteiger partial charge < -0.3 is 5.11 Å². The Kier molecular flexibility index (Phi) is 4.39. The molecule has 104 valence electrons. The van der Waals surface area contributed by atoms with E-state index in [9.17, 15) is 8.42 Å². The number of aliphatic hydroxyl groups is 1. The highest BCUT2D eigenvalue weighted by Crippen LogP contribution is 2.17. The molecule has 5 heteroatoms. The van der Waals surface area contributed by atoms with Crippen LogP contribution in [0.25, 0.3) is 0 Å². The number of hydrogen-bond donors (Lipinski definition) is 1. The largest absolute Gasteiger partial charge is 0.392 e. The zero-order valence-electron chi connectivity index (χ0n) is 11.0. The first-order chi connectivity index (χ1) is 9.01. The van der Waals surface area contributed by atoms with Crippen molar-refractivity contribution in [3.63, 3.8) is 0 Å². The molecule has 4 nitrogen and oxygen atoms in total. The lowest BCUT2D eigenvalue weighted by Gasteiger charge is -2.25. The molecule has 0 unspecified atom stereocenters. The van der Waals surface area contributed by atoms with E-state index >= 15 is 0 Å². The number of rotatable bonds is 4. The molecule has 0 radical (unpaired) electrons. The van der Waals surface area contributed by atoms with E-state index in [0.29, 0.717) is 13.1 Å². The van der Waals surface area contributed by atoms with E-state index in [-0.39, 0.29) is 12.4 Å². The van der Waals surface area contributed by atoms with Crippen molar-refractivity contribution in [3.8, 4) is 0 Å². The quantitative estimate of drug-likeness (QED) is 0.854. The molecule has 1 N–H and O–H groups in total. The molecule has 1 heterocycles. The van der Waals surface area contributed by atoms with Gasteiger partial charge in [-0.15, -0.1) is 0 Å². The minimum Gasteiger partial charge on any atom is -0.392 e. The van der Waals surface area contributed by atoms with Crippen molar-refractivity contribution in [1.82, 2.24) is 4.31 Å². The molecule has 2 rings (SSSR count). The van der Waals surface area contributed by atoms with E-state index in [2.05, 4.69) is 6.08 Å². The van der Waals surface area contributed by atoms with Gasteiger partial charge in [-0.25, -0.2) is 8.42 Å². The molecule has 0 fully saturated rings. The van der Waals surface area contributed by atoms with Crippen molar-refractivity contribution in [2.75, 3.05) is 13.1 Å². The van der Waals surface area contributed by atoms with Gasteiger partial charge in [0.1, 0.15) is 0 Å². The van der Waals surface area contributed by atoms with Crippen LogP contribution in [0.1, 0.15) is 24.5 Å². The summed E-state index contributed by atoms with van der Waals surface area (Å²) in [5.74, 6) is 0.0198. The van der Waals surface area contributed by atoms with Gasteiger partial charge in [0.15, 0.2) is 0 Å². The van der Waals surface area contributed by atoms with Gasteiger partial charge in [-0.2, -0.15) is 4.31 Å². The van der Waals surface area contributed by atoms with Crippen LogP contribution in [0, 0.1) is 0 Å². The van der Waals surface area contributed by atoms with Gasteiger partial charge in [0.05, 0.1) is 12.4 Å². The van der Waals surface area contributed by atoms with E-state index < -0.39 is 10.0 Å². The molecule has 0 bridgehead atoms. The molecular weight excluding hydrogens is 262 g/mol. The molecule has 1 aliphatic heterocycles. The van der Waals surface area contributed by atoms with E-state index in [4.69, 9.17) is 5.11 Å². The average molecular weight is 281 g/mol. The fourth-order valence-electron chi connectivity index (χ4n) is 2.16. The Bertz CT molecular complexity index is 561. The van der Waals surface area contributed by atoms with Crippen molar-refractivity contribution in [2.24, 2.45) is 0 Å². The maximum atomic E-state index is 12.3. The molecule has 0 atom stereocenters. The standard InChI is InChI=1S/C14H19NO3S/c1-12-3-2-8-15(9-12)19(17,18)11-14-6-4-13(10-16)5-7-14/h3-7,16H,2,8-11H2,1H3. The van der Waals surface area contributed by atoms with Crippen LogP contribution < -0.4 is 0 Å². The van der Waals surface area contributed by atoms with Crippen molar-refractivity contribution < 1.29 is 13.5 Å². The summed E-state index contributed by atoms with van der Waals surface area (Å²) in [5.41, 5.74) is 2.65. The summed E-state index contributed by atoms with van der Waals surface area (Å²) < 4.78 is 26.2. The Morgan fingerprint density at radius 2 is 1.84 bits per heavy atom. The van der Waals surface area contributed by atoms with E-state index in [0.717, 1.165) is 23.1 Å². The lowest BCUT2D eigenvalue weighted by Crippen LogP contribution is -2.36. The number of hydrogen-bond acceptors (Lipinski definition) is 3. The Labute approximate surface area is 114 Å². The molecule has 19 heavy (non-hydrogen) atoms. The number of aliphatic hydroxyl groups excluding tert-OH is 1. The highest BCUT2D eigenvalue weighted by atomic mass is 32.2. The first-order valence-electron chi connectivity index (χ1n) is 6.33. The number of nitrogens with zero attached hydrogens (tertiary/aromatic N) is 1. The van der Waals surface area contributed by atoms with Crippen molar-refractivity contribution in [1.29, 1.82) is 0 Å². The lowest BCUT2D eigenvalue weighted by atomic mass is 10.2. The predicted molar refractivity (Wildman–Crippen MR) is 74.9 cm³/mol. The van der Waals surface area contributed by atoms with Crippen LogP contribution in [0.2, 0.25) is 0 Å². The maximum Gasteiger partial charge on any atom is 0.218 e. The summed E-state index contributed by atoms with van der Waals surface area (Å²) >= 11 is 0. The summed E-state index contributed by atoms with van der Waals surface area (Å²) in [4.78, 5) is 0. The highest BCUT2D eigenvalue weighted by Gasteiger charge is 2.24. The molecule has 0 aliphatic carbocycles. The predicted octanol–water partition coefficient (Wildman–Crippen LogP) is 1.66. The Morgan fingerprint density at radius 3 is 2.42 bits per heavy atom. The van der Waals surface area contributed by atoms with Gasteiger partial charge in [-0.3, -0.25) is 0 Å². The second-order valence-corrected chi connectivity index (χ2v) is 6.87. The molecule has 1 aliphatic rings. The summed E-state index contributed by atoms with van der Waals surface area (Å²) in [7, 11) is -3.26. The molecule has 0 spiro atoms. The van der Waals surface area contributed by atoms with Crippen LogP contribution in [-0.2, 0) is 22.4 Å². The van der Waals surface area contributed by atoms with Crippen LogP contribution in [0.4, 0.5) is 0 Å². The molecule has 1 aromatic rings. The van der Waals surface area contributed by atoms with Gasteiger partial charge in [-0.1, -0.05) is 35.9 Å². The van der Waals surface area contributed by atoms with E-state index in [1.54, 1.807) is 28.6 Å². The topological polar surface area (TPSA) is 57.6 Å². The third-order valence-corrected chi connectivity index (χ3v) is 5.04. The monoisotopic (exact) mass is 281 g/mol. The molecule has 0 saturated carbocycles. The number of benzene rings is 1. The highest BCUT2D eigenvalue weighted by molar-refractivity contribution is 7.88. The summed E-state index contributed by atoms with van der Waals surface area (Å²) in [6, 6.07) is 7.03. The van der Waals surface area contributed by atoms with Gasteiger partial charge >= 0.3 is 0 Å². The zero-order chi connectivity index (χ0) is 13.9.